The van der Waals surface area contributed by atoms with Crippen LogP contribution in [0.25, 0.3) is 0 Å². The molecule has 0 radical (unpaired) electrons. The molecule has 0 heterocycles. The largest absolute Gasteiger partial charge is 0.493 e. The number of amides is 1. The molecule has 4 nitrogen and oxygen atoms in total. The van der Waals surface area contributed by atoms with Crippen molar-refractivity contribution in [2.45, 2.75) is 20.5 Å². The van der Waals surface area contributed by atoms with Crippen LogP contribution in [-0.2, 0) is 6.61 Å². The van der Waals surface area contributed by atoms with Crippen molar-refractivity contribution in [1.82, 2.24) is 0 Å². The van der Waals surface area contributed by atoms with Gasteiger partial charge in [-0.25, -0.2) is 4.39 Å². The summed E-state index contributed by atoms with van der Waals surface area (Å²) in [6, 6.07) is 17.3. The lowest BCUT2D eigenvalue weighted by Crippen LogP contribution is -2.14. The quantitative estimate of drug-likeness (QED) is 0.464. The van der Waals surface area contributed by atoms with Crippen molar-refractivity contribution in [1.29, 1.82) is 0 Å². The van der Waals surface area contributed by atoms with E-state index in [9.17, 15) is 9.18 Å². The molecule has 3 aromatic carbocycles. The number of para-hydroxylation sites is 1. The molecule has 29 heavy (non-hydrogen) atoms. The van der Waals surface area contributed by atoms with E-state index in [0.29, 0.717) is 22.4 Å². The smallest absolute Gasteiger partial charge is 0.255 e. The molecule has 0 atom stereocenters. The number of benzene rings is 3. The topological polar surface area (TPSA) is 47.6 Å². The summed E-state index contributed by atoms with van der Waals surface area (Å²) in [5.41, 5.74) is 2.26. The summed E-state index contributed by atoms with van der Waals surface area (Å²) in [4.78, 5) is 12.6. The lowest BCUT2D eigenvalue weighted by molar-refractivity contribution is 0.102. The summed E-state index contributed by atoms with van der Waals surface area (Å²) in [5.74, 6) is 0.488. The van der Waals surface area contributed by atoms with Gasteiger partial charge in [0.25, 0.3) is 5.91 Å². The third kappa shape index (κ3) is 5.35. The normalized spacial score (nSPS) is 10.5. The van der Waals surface area contributed by atoms with Crippen LogP contribution in [-0.4, -0.2) is 12.5 Å². The fourth-order valence-electron chi connectivity index (χ4n) is 2.79. The molecule has 1 N–H and O–H groups in total. The Morgan fingerprint density at radius 2 is 1.83 bits per heavy atom. The van der Waals surface area contributed by atoms with E-state index in [1.807, 2.05) is 38.1 Å². The fraction of sp³-hybridized carbons (Fsp3) is 0.174. The highest BCUT2D eigenvalue weighted by molar-refractivity contribution is 9.10. The van der Waals surface area contributed by atoms with Gasteiger partial charge in [-0.2, -0.15) is 0 Å². The van der Waals surface area contributed by atoms with Crippen LogP contribution in [0.4, 0.5) is 10.1 Å². The maximum absolute atomic E-state index is 14.0. The molecule has 0 bridgehead atoms. The average molecular weight is 458 g/mol. The van der Waals surface area contributed by atoms with Crippen LogP contribution in [0.2, 0.25) is 0 Å². The van der Waals surface area contributed by atoms with Crippen molar-refractivity contribution < 1.29 is 18.7 Å². The van der Waals surface area contributed by atoms with Crippen LogP contribution in [0.3, 0.4) is 0 Å². The number of rotatable bonds is 7. The highest BCUT2D eigenvalue weighted by Crippen LogP contribution is 2.25. The zero-order valence-electron chi connectivity index (χ0n) is 16.2. The van der Waals surface area contributed by atoms with Gasteiger partial charge in [-0.05, 0) is 61.9 Å². The first-order valence-corrected chi connectivity index (χ1v) is 9.97. The van der Waals surface area contributed by atoms with Gasteiger partial charge in [0.05, 0.1) is 12.3 Å². The lowest BCUT2D eigenvalue weighted by atomic mass is 10.1. The summed E-state index contributed by atoms with van der Waals surface area (Å²) in [6.07, 6.45) is 0. The van der Waals surface area contributed by atoms with Gasteiger partial charge in [-0.1, -0.05) is 34.1 Å². The average Bonchev–Trinajstić information content (AvgIpc) is 2.70. The predicted molar refractivity (Wildman–Crippen MR) is 115 cm³/mol. The molecule has 0 aliphatic carbocycles. The maximum atomic E-state index is 14.0. The Bertz CT molecular complexity index is 1020. The van der Waals surface area contributed by atoms with E-state index in [4.69, 9.17) is 9.47 Å². The van der Waals surface area contributed by atoms with Gasteiger partial charge >= 0.3 is 0 Å². The second-order valence-electron chi connectivity index (χ2n) is 6.39. The first kappa shape index (κ1) is 20.9. The summed E-state index contributed by atoms with van der Waals surface area (Å²) >= 11 is 3.20. The van der Waals surface area contributed by atoms with Crippen molar-refractivity contribution in [3.63, 3.8) is 0 Å². The molecule has 0 unspecified atom stereocenters. The standard InChI is InChI=1S/C23H21BrFNO3/c1-3-28-22-11-8-16(23(27)26-20-10-9-18(24)13-19(20)25)12-17(22)14-29-21-7-5-4-6-15(21)2/h4-13H,3,14H2,1-2H3,(H,26,27). The van der Waals surface area contributed by atoms with Gasteiger partial charge in [0, 0.05) is 15.6 Å². The first-order valence-electron chi connectivity index (χ1n) is 9.18. The number of carbonyl (C=O) groups is 1. The van der Waals surface area contributed by atoms with Gasteiger partial charge < -0.3 is 14.8 Å². The minimum Gasteiger partial charge on any atom is -0.493 e. The van der Waals surface area contributed by atoms with Crippen molar-refractivity contribution in [2.75, 3.05) is 11.9 Å². The molecule has 0 spiro atoms. The minimum atomic E-state index is -0.512. The molecule has 1 amide bonds. The van der Waals surface area contributed by atoms with E-state index < -0.39 is 11.7 Å². The second-order valence-corrected chi connectivity index (χ2v) is 7.30. The predicted octanol–water partition coefficient (Wildman–Crippen LogP) is 6.13. The number of nitrogens with one attached hydrogen (secondary N) is 1. The highest BCUT2D eigenvalue weighted by Gasteiger charge is 2.14. The van der Waals surface area contributed by atoms with E-state index in [0.717, 1.165) is 16.9 Å². The number of carbonyl (C=O) groups excluding carboxylic acids is 1. The molecular weight excluding hydrogens is 437 g/mol. The minimum absolute atomic E-state index is 0.116. The molecule has 0 aliphatic heterocycles. The highest BCUT2D eigenvalue weighted by atomic mass is 79.9. The van der Waals surface area contributed by atoms with Crippen LogP contribution in [0.15, 0.2) is 65.1 Å². The number of hydrogen-bond acceptors (Lipinski definition) is 3. The Morgan fingerprint density at radius 1 is 1.03 bits per heavy atom. The van der Waals surface area contributed by atoms with Crippen LogP contribution < -0.4 is 14.8 Å². The van der Waals surface area contributed by atoms with Crippen LogP contribution in [0, 0.1) is 12.7 Å². The van der Waals surface area contributed by atoms with Gasteiger partial charge in [0.1, 0.15) is 23.9 Å². The number of hydrogen-bond donors (Lipinski definition) is 1. The molecule has 3 rings (SSSR count). The Labute approximate surface area is 177 Å². The SMILES string of the molecule is CCOc1ccc(C(=O)Nc2ccc(Br)cc2F)cc1COc1ccccc1C. The molecule has 0 fully saturated rings. The number of anilines is 1. The van der Waals surface area contributed by atoms with Gasteiger partial charge in [-0.3, -0.25) is 4.79 Å². The zero-order chi connectivity index (χ0) is 20.8. The summed E-state index contributed by atoms with van der Waals surface area (Å²) < 4.78 is 26.2. The Hall–Kier alpha value is -2.86. The Kier molecular flexibility index (Phi) is 6.88. The fourth-order valence-corrected chi connectivity index (χ4v) is 3.12. The molecule has 6 heteroatoms. The molecule has 150 valence electrons. The third-order valence-corrected chi connectivity index (χ3v) is 4.77. The van der Waals surface area contributed by atoms with Crippen LogP contribution >= 0.6 is 15.9 Å². The van der Waals surface area contributed by atoms with Crippen molar-refractivity contribution in [3.05, 3.63) is 87.6 Å². The number of ether oxygens (including phenoxy) is 2. The van der Waals surface area contributed by atoms with Crippen molar-refractivity contribution in [2.24, 2.45) is 0 Å². The molecule has 0 saturated heterocycles. The monoisotopic (exact) mass is 457 g/mol. The van der Waals surface area contributed by atoms with Crippen LogP contribution in [0.1, 0.15) is 28.4 Å². The zero-order valence-corrected chi connectivity index (χ0v) is 17.8. The molecular formula is C23H21BrFNO3. The van der Waals surface area contributed by atoms with E-state index in [1.165, 1.54) is 12.1 Å². The molecule has 0 aromatic heterocycles. The van der Waals surface area contributed by atoms with E-state index in [1.54, 1.807) is 24.3 Å². The second kappa shape index (κ2) is 9.56. The van der Waals surface area contributed by atoms with Gasteiger partial charge in [0.15, 0.2) is 0 Å². The van der Waals surface area contributed by atoms with Gasteiger partial charge in [-0.15, -0.1) is 0 Å². The molecule has 0 saturated carbocycles. The number of aryl methyl sites for hydroxylation is 1. The van der Waals surface area contributed by atoms with Gasteiger partial charge in [0.2, 0.25) is 0 Å². The van der Waals surface area contributed by atoms with Crippen molar-refractivity contribution in [3.8, 4) is 11.5 Å². The van der Waals surface area contributed by atoms with E-state index >= 15 is 0 Å². The first-order chi connectivity index (χ1) is 14.0. The van der Waals surface area contributed by atoms with E-state index in [2.05, 4.69) is 21.2 Å². The van der Waals surface area contributed by atoms with Crippen molar-refractivity contribution >= 4 is 27.5 Å². The third-order valence-electron chi connectivity index (χ3n) is 4.28. The van der Waals surface area contributed by atoms with Crippen LogP contribution in [0.5, 0.6) is 11.5 Å². The molecule has 3 aromatic rings. The summed E-state index contributed by atoms with van der Waals surface area (Å²) in [6.45, 7) is 4.60. The van der Waals surface area contributed by atoms with E-state index in [-0.39, 0.29) is 12.3 Å². The summed E-state index contributed by atoms with van der Waals surface area (Å²) in [5, 5.41) is 2.60. The number of halogens is 2. The Balaban J connectivity index is 1.81. The maximum Gasteiger partial charge on any atom is 0.255 e. The Morgan fingerprint density at radius 3 is 2.55 bits per heavy atom. The lowest BCUT2D eigenvalue weighted by Gasteiger charge is -2.14. The summed E-state index contributed by atoms with van der Waals surface area (Å²) in [7, 11) is 0. The molecule has 0 aliphatic rings.